The van der Waals surface area contributed by atoms with Gasteiger partial charge in [0.1, 0.15) is 22.9 Å². The van der Waals surface area contributed by atoms with Crippen molar-refractivity contribution in [2.24, 2.45) is 5.92 Å². The molecule has 6 aromatic rings. The number of rotatable bonds is 9. The highest BCUT2D eigenvalue weighted by molar-refractivity contribution is 5.90. The first kappa shape index (κ1) is 36.2. The first-order valence-electron chi connectivity index (χ1n) is 18.8. The molecule has 12 nitrogen and oxygen atoms in total. The number of aromatic nitrogens is 4. The fourth-order valence-corrected chi connectivity index (χ4v) is 8.11. The van der Waals surface area contributed by atoms with E-state index in [2.05, 4.69) is 53.2 Å². The van der Waals surface area contributed by atoms with E-state index in [-0.39, 0.29) is 5.92 Å². The first-order chi connectivity index (χ1) is 26.4. The molecule has 2 saturated heterocycles. The highest BCUT2D eigenvalue weighted by atomic mass is 16.4. The van der Waals surface area contributed by atoms with Crippen LogP contribution in [-0.4, -0.2) is 77.7 Å². The Bertz CT molecular complexity index is 2500. The number of aliphatic carboxylic acids is 1. The Hall–Kier alpha value is -5.74. The number of nitriles is 1. The van der Waals surface area contributed by atoms with Gasteiger partial charge in [0.05, 0.1) is 22.6 Å². The zero-order valence-corrected chi connectivity index (χ0v) is 31.6. The number of nitrogens with one attached hydrogen (secondary N) is 1. The number of carboxylic acids is 1. The van der Waals surface area contributed by atoms with Crippen LogP contribution in [-0.2, 0) is 17.9 Å². The van der Waals surface area contributed by atoms with Crippen LogP contribution in [0.25, 0.3) is 44.7 Å². The van der Waals surface area contributed by atoms with Crippen LogP contribution in [0.3, 0.4) is 0 Å². The van der Waals surface area contributed by atoms with Crippen molar-refractivity contribution in [1.82, 2.24) is 29.7 Å². The lowest BCUT2D eigenvalue weighted by molar-refractivity contribution is -0.143. The molecule has 12 heteroatoms. The third kappa shape index (κ3) is 7.38. The number of aliphatic hydroxyl groups is 1. The van der Waals surface area contributed by atoms with Gasteiger partial charge in [-0.2, -0.15) is 5.26 Å². The van der Waals surface area contributed by atoms with Gasteiger partial charge in [-0.3, -0.25) is 19.6 Å². The van der Waals surface area contributed by atoms with Crippen molar-refractivity contribution < 1.29 is 19.4 Å². The zero-order chi connectivity index (χ0) is 38.4. The van der Waals surface area contributed by atoms with Gasteiger partial charge in [0.2, 0.25) is 5.89 Å². The average molecular weight is 737 g/mol. The Morgan fingerprint density at radius 1 is 0.927 bits per heavy atom. The Kier molecular flexibility index (Phi) is 9.55. The third-order valence-corrected chi connectivity index (χ3v) is 11.1. The molecule has 8 rings (SSSR count). The van der Waals surface area contributed by atoms with Gasteiger partial charge in [-0.15, -0.1) is 0 Å². The van der Waals surface area contributed by atoms with Crippen molar-refractivity contribution in [3.63, 3.8) is 0 Å². The van der Waals surface area contributed by atoms with Gasteiger partial charge in [0.15, 0.2) is 11.4 Å². The van der Waals surface area contributed by atoms with Crippen molar-refractivity contribution in [2.45, 2.75) is 65.6 Å². The van der Waals surface area contributed by atoms with Crippen molar-refractivity contribution in [1.29, 1.82) is 5.26 Å². The summed E-state index contributed by atoms with van der Waals surface area (Å²) in [4.78, 5) is 35.0. The molecule has 0 aliphatic carbocycles. The minimum atomic E-state index is -0.731. The smallest absolute Gasteiger partial charge is 0.306 e. The van der Waals surface area contributed by atoms with E-state index in [0.29, 0.717) is 85.3 Å². The Balaban J connectivity index is 1.06. The van der Waals surface area contributed by atoms with Gasteiger partial charge in [-0.1, -0.05) is 24.3 Å². The molecule has 3 aromatic heterocycles. The number of carbonyl (C=O) groups is 1. The molecule has 55 heavy (non-hydrogen) atoms. The number of fused-ring (bicyclic) bond motifs is 2. The van der Waals surface area contributed by atoms with Crippen LogP contribution < -0.4 is 5.32 Å². The molecule has 0 bridgehead atoms. The molecule has 3 N–H and O–H groups in total. The lowest BCUT2D eigenvalue weighted by Gasteiger charge is -2.30. The third-order valence-electron chi connectivity index (χ3n) is 11.1. The number of β-amino-alcohol motifs (C(OH)–C–C–N with tert-alkyl or cyclic N) is 1. The summed E-state index contributed by atoms with van der Waals surface area (Å²) in [6.45, 7) is 12.1. The SMILES string of the molecule is Cc1nc(Nc2cccc(-c3cccc(-c4nc5cc(CN6CCC(C(=O)O)CC6)cc(C#N)c5o4)c3C)c2C)c2ncc(CN3CCC(C)(O)C3)cc2n1. The second-order valence-electron chi connectivity index (χ2n) is 15.4. The highest BCUT2D eigenvalue weighted by Crippen LogP contribution is 2.38. The van der Waals surface area contributed by atoms with E-state index in [4.69, 9.17) is 24.4 Å². The number of aryl methyl sites for hydroxylation is 1. The van der Waals surface area contributed by atoms with E-state index in [1.165, 1.54) is 0 Å². The standard InChI is InChI=1S/C43H44N8O4/c1-25-32(7-5-9-34(25)41-49-37-18-28(17-31(20-44)39(37)55-41)22-50-14-11-30(12-15-50)42(52)53)33-8-6-10-35(26(33)2)48-40-38-36(46-27(3)47-40)19-29(21-45-38)23-51-16-13-43(4,54)24-51/h5-10,17-19,21,30,54H,11-16,22-24H2,1-4H3,(H,52,53)(H,46,47,48). The van der Waals surface area contributed by atoms with Gasteiger partial charge in [0.25, 0.3) is 0 Å². The second kappa shape index (κ2) is 14.5. The van der Waals surface area contributed by atoms with Crippen LogP contribution >= 0.6 is 0 Å². The summed E-state index contributed by atoms with van der Waals surface area (Å²) in [5.41, 5.74) is 10.1. The molecule has 2 aliphatic heterocycles. The second-order valence-corrected chi connectivity index (χ2v) is 15.4. The van der Waals surface area contributed by atoms with Crippen molar-refractivity contribution in [2.75, 3.05) is 31.5 Å². The molecule has 0 radical (unpaired) electrons. The molecule has 1 atom stereocenters. The zero-order valence-electron chi connectivity index (χ0n) is 31.6. The maximum atomic E-state index is 11.4. The van der Waals surface area contributed by atoms with Crippen LogP contribution in [0.5, 0.6) is 0 Å². The number of carboxylic acid groups (broad SMARTS) is 1. The summed E-state index contributed by atoms with van der Waals surface area (Å²) in [7, 11) is 0. The maximum absolute atomic E-state index is 11.4. The summed E-state index contributed by atoms with van der Waals surface area (Å²) in [6.07, 6.45) is 3.86. The topological polar surface area (TPSA) is 165 Å². The number of nitrogens with zero attached hydrogens (tertiary/aromatic N) is 7. The number of hydrogen-bond acceptors (Lipinski definition) is 11. The summed E-state index contributed by atoms with van der Waals surface area (Å²) in [5.74, 6) is 0.689. The van der Waals surface area contributed by atoms with Gasteiger partial charge < -0.3 is 19.9 Å². The monoisotopic (exact) mass is 736 g/mol. The maximum Gasteiger partial charge on any atom is 0.306 e. The molecular formula is C43H44N8O4. The normalized spacial score (nSPS) is 18.3. The van der Waals surface area contributed by atoms with Gasteiger partial charge in [-0.25, -0.2) is 15.0 Å². The quantitative estimate of drug-likeness (QED) is 0.136. The molecule has 0 amide bonds. The molecule has 2 aliphatic rings. The largest absolute Gasteiger partial charge is 0.481 e. The Morgan fingerprint density at radius 2 is 1.64 bits per heavy atom. The molecule has 0 spiro atoms. The molecule has 0 saturated carbocycles. The van der Waals surface area contributed by atoms with Crippen LogP contribution in [0.1, 0.15) is 59.8 Å². The molecule has 2 fully saturated rings. The Morgan fingerprint density at radius 3 is 2.36 bits per heavy atom. The number of anilines is 2. The molecular weight excluding hydrogens is 693 g/mol. The van der Waals surface area contributed by atoms with Crippen molar-refractivity contribution in [3.8, 4) is 28.7 Å². The summed E-state index contributed by atoms with van der Waals surface area (Å²) in [5, 5.41) is 33.4. The Labute approximate surface area is 319 Å². The molecule has 1 unspecified atom stereocenters. The lowest BCUT2D eigenvalue weighted by Crippen LogP contribution is -2.35. The minimum absolute atomic E-state index is 0.297. The number of piperidine rings is 1. The van der Waals surface area contributed by atoms with E-state index in [9.17, 15) is 20.3 Å². The molecule has 280 valence electrons. The van der Waals surface area contributed by atoms with Crippen LogP contribution in [0.2, 0.25) is 0 Å². The predicted molar refractivity (Wildman–Crippen MR) is 211 cm³/mol. The predicted octanol–water partition coefficient (Wildman–Crippen LogP) is 7.29. The van der Waals surface area contributed by atoms with Crippen molar-refractivity contribution in [3.05, 3.63) is 94.4 Å². The molecule has 3 aromatic carbocycles. The summed E-state index contributed by atoms with van der Waals surface area (Å²) < 4.78 is 6.31. The summed E-state index contributed by atoms with van der Waals surface area (Å²) in [6, 6.07) is 20.4. The number of hydrogen-bond donors (Lipinski definition) is 3. The van der Waals surface area contributed by atoms with E-state index in [1.807, 2.05) is 56.4 Å². The van der Waals surface area contributed by atoms with E-state index < -0.39 is 11.6 Å². The van der Waals surface area contributed by atoms with Gasteiger partial charge in [-0.05, 0) is 124 Å². The van der Waals surface area contributed by atoms with Gasteiger partial charge >= 0.3 is 5.97 Å². The fraction of sp³-hybridized carbons (Fsp3) is 0.349. The average Bonchev–Trinajstić information content (AvgIpc) is 3.74. The van der Waals surface area contributed by atoms with Crippen LogP contribution in [0.15, 0.2) is 65.2 Å². The highest BCUT2D eigenvalue weighted by Gasteiger charge is 2.31. The first-order valence-corrected chi connectivity index (χ1v) is 18.8. The number of benzene rings is 3. The van der Waals surface area contributed by atoms with Crippen LogP contribution in [0.4, 0.5) is 11.5 Å². The lowest BCUT2D eigenvalue weighted by atomic mass is 9.93. The van der Waals surface area contributed by atoms with Crippen LogP contribution in [0, 0.1) is 38.0 Å². The van der Waals surface area contributed by atoms with E-state index >= 15 is 0 Å². The summed E-state index contributed by atoms with van der Waals surface area (Å²) >= 11 is 0. The molecule has 5 heterocycles. The van der Waals surface area contributed by atoms with E-state index in [1.54, 1.807) is 0 Å². The number of pyridine rings is 1. The number of likely N-dealkylation sites (tertiary alicyclic amines) is 2. The van der Waals surface area contributed by atoms with E-state index in [0.717, 1.165) is 63.1 Å². The van der Waals surface area contributed by atoms with Gasteiger partial charge in [0, 0.05) is 43.6 Å². The number of oxazole rings is 1. The fourth-order valence-electron chi connectivity index (χ4n) is 8.11. The van der Waals surface area contributed by atoms with Crippen molar-refractivity contribution >= 4 is 39.6 Å². The minimum Gasteiger partial charge on any atom is -0.481 e.